The highest BCUT2D eigenvalue weighted by molar-refractivity contribution is 7.47. The highest BCUT2D eigenvalue weighted by Gasteiger charge is 2.23. The van der Waals surface area contributed by atoms with Gasteiger partial charge in [0, 0.05) is 19.9 Å². The van der Waals surface area contributed by atoms with Crippen LogP contribution in [0, 0.1) is 0 Å². The van der Waals surface area contributed by atoms with Gasteiger partial charge in [-0.25, -0.2) is 4.57 Å². The van der Waals surface area contributed by atoms with Gasteiger partial charge in [-0.3, -0.25) is 18.6 Å². The van der Waals surface area contributed by atoms with E-state index in [-0.39, 0.29) is 25.7 Å². The third-order valence-corrected chi connectivity index (χ3v) is 5.50. The molecule has 0 saturated carbocycles. The lowest BCUT2D eigenvalue weighted by molar-refractivity contribution is -0.144. The number of aliphatic hydroxyl groups is 1. The van der Waals surface area contributed by atoms with Gasteiger partial charge in [-0.05, 0) is 44.9 Å². The normalized spacial score (nSPS) is 14.8. The molecule has 10 heteroatoms. The van der Waals surface area contributed by atoms with E-state index in [0.29, 0.717) is 12.8 Å². The first-order chi connectivity index (χ1) is 17.8. The predicted molar refractivity (Wildman–Crippen MR) is 146 cm³/mol. The second kappa shape index (κ2) is 24.1. The molecule has 0 spiro atoms. The van der Waals surface area contributed by atoms with Crippen molar-refractivity contribution in [1.29, 1.82) is 0 Å². The molecule has 0 aromatic rings. The van der Waals surface area contributed by atoms with Crippen molar-refractivity contribution in [2.24, 2.45) is 0 Å². The Bertz CT molecular complexity index is 804. The van der Waals surface area contributed by atoms with Crippen molar-refractivity contribution in [3.05, 3.63) is 60.8 Å². The average molecular weight is 542 g/mol. The number of aliphatic hydroxyl groups excluding tert-OH is 1. The van der Waals surface area contributed by atoms with Crippen LogP contribution in [0.15, 0.2) is 60.8 Å². The van der Waals surface area contributed by atoms with Crippen LogP contribution in [0.1, 0.15) is 65.2 Å². The Morgan fingerprint density at radius 2 is 1.41 bits per heavy atom. The Morgan fingerprint density at radius 3 is 1.95 bits per heavy atom. The summed E-state index contributed by atoms with van der Waals surface area (Å²) in [7, 11) is -4.38. The third-order valence-electron chi connectivity index (χ3n) is 4.52. The monoisotopic (exact) mass is 541 g/mol. The Hall–Kier alpha value is -2.29. The van der Waals surface area contributed by atoms with Crippen LogP contribution in [-0.2, 0) is 27.9 Å². The molecule has 3 N–H and O–H groups in total. The molecule has 37 heavy (non-hydrogen) atoms. The van der Waals surface area contributed by atoms with Crippen molar-refractivity contribution < 1.29 is 37.9 Å². The first-order valence-corrected chi connectivity index (χ1v) is 14.2. The van der Waals surface area contributed by atoms with E-state index < -0.39 is 26.5 Å². The number of nitrogens with one attached hydrogen (secondary N) is 1. The fourth-order valence-electron chi connectivity index (χ4n) is 2.67. The van der Waals surface area contributed by atoms with Crippen LogP contribution in [0.25, 0.3) is 0 Å². The van der Waals surface area contributed by atoms with Crippen molar-refractivity contribution >= 4 is 19.7 Å². The summed E-state index contributed by atoms with van der Waals surface area (Å²) >= 11 is 0. The van der Waals surface area contributed by atoms with E-state index in [4.69, 9.17) is 4.52 Å². The maximum Gasteiger partial charge on any atom is 0.472 e. The molecule has 0 radical (unpaired) electrons. The zero-order chi connectivity index (χ0) is 27.6. The fraction of sp³-hybridized carbons (Fsp3) is 0.556. The second-order valence-electron chi connectivity index (χ2n) is 8.00. The van der Waals surface area contributed by atoms with Gasteiger partial charge in [0.1, 0.15) is 12.7 Å². The van der Waals surface area contributed by atoms with Gasteiger partial charge in [0.2, 0.25) is 5.91 Å². The summed E-state index contributed by atoms with van der Waals surface area (Å²) in [5.74, 6) is -0.766. The largest absolute Gasteiger partial charge is 0.472 e. The lowest BCUT2D eigenvalue weighted by Crippen LogP contribution is -2.27. The number of carbonyl (C=O) groups is 2. The predicted octanol–water partition coefficient (Wildman–Crippen LogP) is 5.08. The van der Waals surface area contributed by atoms with Crippen molar-refractivity contribution in [3.63, 3.8) is 0 Å². The number of allylic oxidation sites excluding steroid dienone is 10. The fourth-order valence-corrected chi connectivity index (χ4v) is 3.43. The number of phosphoric ester groups is 1. The zero-order valence-electron chi connectivity index (χ0n) is 22.1. The number of unbranched alkanes of at least 4 members (excludes halogenated alkanes) is 1. The van der Waals surface area contributed by atoms with E-state index in [9.17, 15) is 24.2 Å². The van der Waals surface area contributed by atoms with Crippen molar-refractivity contribution in [3.8, 4) is 0 Å². The van der Waals surface area contributed by atoms with Crippen LogP contribution in [-0.4, -0.2) is 54.3 Å². The average Bonchev–Trinajstić information content (AvgIpc) is 2.86. The van der Waals surface area contributed by atoms with Crippen LogP contribution in [0.4, 0.5) is 0 Å². The molecule has 0 aliphatic rings. The van der Waals surface area contributed by atoms with Crippen LogP contribution in [0.2, 0.25) is 0 Å². The molecule has 0 rings (SSSR count). The molecule has 0 aliphatic carbocycles. The minimum atomic E-state index is -4.38. The first kappa shape index (κ1) is 34.7. The number of hydrogen-bond acceptors (Lipinski definition) is 7. The molecule has 2 atom stereocenters. The summed E-state index contributed by atoms with van der Waals surface area (Å²) in [6, 6.07) is 0. The Labute approximate surface area is 221 Å². The molecular weight excluding hydrogens is 497 g/mol. The lowest BCUT2D eigenvalue weighted by atomic mass is 10.2. The summed E-state index contributed by atoms with van der Waals surface area (Å²) < 4.78 is 25.6. The van der Waals surface area contributed by atoms with Crippen LogP contribution < -0.4 is 5.32 Å². The number of amides is 1. The summed E-state index contributed by atoms with van der Waals surface area (Å²) in [6.45, 7) is 2.23. The molecule has 2 unspecified atom stereocenters. The van der Waals surface area contributed by atoms with Crippen molar-refractivity contribution in [2.75, 3.05) is 26.4 Å². The van der Waals surface area contributed by atoms with Gasteiger partial charge in [0.15, 0.2) is 0 Å². The number of phosphoric acid groups is 1. The number of esters is 1. The first-order valence-electron chi connectivity index (χ1n) is 12.7. The van der Waals surface area contributed by atoms with E-state index in [1.54, 1.807) is 0 Å². The SMILES string of the molecule is CC/C=C\C/C=C\C/C=C\C/C=C\C/C=C\CCCC(=O)NCCOP(=O)(O)OCC(O)COC(C)=O. The topological polar surface area (TPSA) is 131 Å². The third kappa shape index (κ3) is 26.6. The minimum Gasteiger partial charge on any atom is -0.463 e. The highest BCUT2D eigenvalue weighted by atomic mass is 31.2. The van der Waals surface area contributed by atoms with Crippen LogP contribution in [0.3, 0.4) is 0 Å². The lowest BCUT2D eigenvalue weighted by Gasteiger charge is -2.15. The van der Waals surface area contributed by atoms with E-state index in [0.717, 1.165) is 38.5 Å². The highest BCUT2D eigenvalue weighted by Crippen LogP contribution is 2.42. The summed E-state index contributed by atoms with van der Waals surface area (Å²) in [5, 5.41) is 12.1. The molecule has 1 amide bonds. The smallest absolute Gasteiger partial charge is 0.463 e. The van der Waals surface area contributed by atoms with Gasteiger partial charge < -0.3 is 20.1 Å². The van der Waals surface area contributed by atoms with E-state index in [1.807, 2.05) is 6.08 Å². The quantitative estimate of drug-likeness (QED) is 0.0748. The van der Waals surface area contributed by atoms with Gasteiger partial charge in [-0.2, -0.15) is 0 Å². The van der Waals surface area contributed by atoms with Crippen molar-refractivity contribution in [2.45, 2.75) is 71.3 Å². The van der Waals surface area contributed by atoms with Crippen LogP contribution in [0.5, 0.6) is 0 Å². The van der Waals surface area contributed by atoms with E-state index in [2.05, 4.69) is 76.2 Å². The number of ether oxygens (including phenoxy) is 1. The zero-order valence-corrected chi connectivity index (χ0v) is 23.0. The van der Waals surface area contributed by atoms with Gasteiger partial charge >= 0.3 is 13.8 Å². The Morgan fingerprint density at radius 1 is 0.865 bits per heavy atom. The van der Waals surface area contributed by atoms with Gasteiger partial charge in [-0.1, -0.05) is 67.7 Å². The number of carbonyl (C=O) groups excluding carboxylic acids is 2. The molecular formula is C27H44NO8P. The summed E-state index contributed by atoms with van der Waals surface area (Å²) in [4.78, 5) is 32.0. The molecule has 0 aliphatic heterocycles. The van der Waals surface area contributed by atoms with Gasteiger partial charge in [-0.15, -0.1) is 0 Å². The summed E-state index contributed by atoms with van der Waals surface area (Å²) in [5.41, 5.74) is 0. The van der Waals surface area contributed by atoms with E-state index in [1.165, 1.54) is 6.92 Å². The van der Waals surface area contributed by atoms with Gasteiger partial charge in [0.25, 0.3) is 0 Å². The second-order valence-corrected chi connectivity index (χ2v) is 9.46. The standard InChI is InChI=1S/C27H44NO8P/c1-3-4-5-6-7-8-9-10-11-12-13-14-15-16-17-18-19-20-27(31)28-21-22-35-37(32,33)36-24-26(30)23-34-25(2)29/h4-5,7-8,10-11,13-14,16-17,26,30H,3,6,9,12,15,18-24H2,1-2H3,(H,28,31)(H,32,33)/b5-4-,8-7-,11-10-,14-13-,17-16-. The maximum absolute atomic E-state index is 11.8. The maximum atomic E-state index is 11.8. The molecule has 0 aromatic carbocycles. The Kier molecular flexibility index (Phi) is 22.6. The molecule has 9 nitrogen and oxygen atoms in total. The molecule has 0 fully saturated rings. The molecule has 0 bridgehead atoms. The van der Waals surface area contributed by atoms with Crippen LogP contribution >= 0.6 is 7.82 Å². The molecule has 0 aromatic heterocycles. The Balaban J connectivity index is 3.72. The van der Waals surface area contributed by atoms with Crippen molar-refractivity contribution in [1.82, 2.24) is 5.32 Å². The molecule has 0 saturated heterocycles. The number of hydrogen-bond donors (Lipinski definition) is 3. The molecule has 210 valence electrons. The minimum absolute atomic E-state index is 0.0460. The van der Waals surface area contributed by atoms with Gasteiger partial charge in [0.05, 0.1) is 13.2 Å². The molecule has 0 heterocycles. The number of rotatable bonds is 22. The summed E-state index contributed by atoms with van der Waals surface area (Å²) in [6.07, 6.45) is 26.7. The van der Waals surface area contributed by atoms with E-state index >= 15 is 0 Å².